The Labute approximate surface area is 83.5 Å². The lowest BCUT2D eigenvalue weighted by Crippen LogP contribution is -2.17. The van der Waals surface area contributed by atoms with Gasteiger partial charge in [0.1, 0.15) is 0 Å². The summed E-state index contributed by atoms with van der Waals surface area (Å²) in [6.07, 6.45) is 5.93. The van der Waals surface area contributed by atoms with Gasteiger partial charge in [0.15, 0.2) is 0 Å². The normalized spacial score (nSPS) is 17.2. The van der Waals surface area contributed by atoms with Crippen molar-refractivity contribution in [1.82, 2.24) is 9.78 Å². The Morgan fingerprint density at radius 2 is 2.21 bits per heavy atom. The molecule has 14 heavy (non-hydrogen) atoms. The molecule has 0 atom stereocenters. The van der Waals surface area contributed by atoms with E-state index in [4.69, 9.17) is 0 Å². The van der Waals surface area contributed by atoms with Crippen LogP contribution in [0.5, 0.6) is 0 Å². The highest BCUT2D eigenvalue weighted by atomic mass is 15.3. The molecule has 1 aliphatic carbocycles. The van der Waals surface area contributed by atoms with Gasteiger partial charge in [-0.2, -0.15) is 5.10 Å². The molecule has 0 aliphatic heterocycles. The summed E-state index contributed by atoms with van der Waals surface area (Å²) in [5.74, 6) is 0. The molecule has 0 spiro atoms. The first-order chi connectivity index (χ1) is 6.84. The van der Waals surface area contributed by atoms with Crippen molar-refractivity contribution in [2.75, 3.05) is 0 Å². The summed E-state index contributed by atoms with van der Waals surface area (Å²) >= 11 is 0. The lowest BCUT2D eigenvalue weighted by atomic mass is 9.93. The SMILES string of the molecule is Cc1ccc2cnn(C3CCC3)c2c1. The predicted molar refractivity (Wildman–Crippen MR) is 57.4 cm³/mol. The lowest BCUT2D eigenvalue weighted by Gasteiger charge is -2.26. The van der Waals surface area contributed by atoms with Crippen molar-refractivity contribution < 1.29 is 0 Å². The Morgan fingerprint density at radius 1 is 1.36 bits per heavy atom. The first-order valence-corrected chi connectivity index (χ1v) is 5.28. The summed E-state index contributed by atoms with van der Waals surface area (Å²) in [6.45, 7) is 2.14. The van der Waals surface area contributed by atoms with Crippen molar-refractivity contribution in [2.24, 2.45) is 0 Å². The number of hydrogen-bond acceptors (Lipinski definition) is 1. The minimum absolute atomic E-state index is 0.661. The fourth-order valence-corrected chi connectivity index (χ4v) is 2.07. The summed E-state index contributed by atoms with van der Waals surface area (Å²) in [4.78, 5) is 0. The molecule has 2 aromatic rings. The summed E-state index contributed by atoms with van der Waals surface area (Å²) in [7, 11) is 0. The zero-order valence-electron chi connectivity index (χ0n) is 8.40. The molecule has 0 bridgehead atoms. The molecule has 2 heteroatoms. The van der Waals surface area contributed by atoms with Gasteiger partial charge in [0, 0.05) is 5.39 Å². The van der Waals surface area contributed by atoms with Gasteiger partial charge in [0.2, 0.25) is 0 Å². The van der Waals surface area contributed by atoms with E-state index in [9.17, 15) is 0 Å². The van der Waals surface area contributed by atoms with E-state index in [1.54, 1.807) is 0 Å². The van der Waals surface area contributed by atoms with E-state index in [-0.39, 0.29) is 0 Å². The first kappa shape index (κ1) is 8.04. The van der Waals surface area contributed by atoms with E-state index >= 15 is 0 Å². The highest BCUT2D eigenvalue weighted by Crippen LogP contribution is 2.33. The van der Waals surface area contributed by atoms with Gasteiger partial charge in [-0.3, -0.25) is 4.68 Å². The fourth-order valence-electron chi connectivity index (χ4n) is 2.07. The summed E-state index contributed by atoms with van der Waals surface area (Å²) in [5, 5.41) is 5.74. The maximum atomic E-state index is 4.48. The molecule has 0 radical (unpaired) electrons. The van der Waals surface area contributed by atoms with Gasteiger partial charge in [-0.25, -0.2) is 0 Å². The number of aryl methyl sites for hydroxylation is 1. The van der Waals surface area contributed by atoms with Crippen molar-refractivity contribution in [2.45, 2.75) is 32.2 Å². The number of nitrogens with zero attached hydrogens (tertiary/aromatic N) is 2. The minimum atomic E-state index is 0.661. The second kappa shape index (κ2) is 2.84. The van der Waals surface area contributed by atoms with Crippen molar-refractivity contribution >= 4 is 10.9 Å². The molecule has 1 heterocycles. The van der Waals surface area contributed by atoms with E-state index in [1.807, 2.05) is 6.20 Å². The van der Waals surface area contributed by atoms with E-state index in [0.717, 1.165) is 0 Å². The smallest absolute Gasteiger partial charge is 0.0688 e. The molecule has 1 saturated carbocycles. The van der Waals surface area contributed by atoms with Crippen LogP contribution in [0.2, 0.25) is 0 Å². The van der Waals surface area contributed by atoms with E-state index < -0.39 is 0 Å². The van der Waals surface area contributed by atoms with Crippen LogP contribution in [0.1, 0.15) is 30.9 Å². The molecule has 1 aliphatic rings. The Balaban J connectivity index is 2.18. The quantitative estimate of drug-likeness (QED) is 0.669. The molecule has 0 N–H and O–H groups in total. The number of hydrogen-bond donors (Lipinski definition) is 0. The van der Waals surface area contributed by atoms with Gasteiger partial charge in [0.05, 0.1) is 17.8 Å². The van der Waals surface area contributed by atoms with Gasteiger partial charge < -0.3 is 0 Å². The summed E-state index contributed by atoms with van der Waals surface area (Å²) < 4.78 is 2.20. The maximum absolute atomic E-state index is 4.48. The second-order valence-electron chi connectivity index (χ2n) is 4.24. The van der Waals surface area contributed by atoms with Crippen LogP contribution < -0.4 is 0 Å². The van der Waals surface area contributed by atoms with Crippen LogP contribution in [-0.2, 0) is 0 Å². The first-order valence-electron chi connectivity index (χ1n) is 5.28. The molecule has 1 aromatic carbocycles. The van der Waals surface area contributed by atoms with Crippen molar-refractivity contribution in [1.29, 1.82) is 0 Å². The van der Waals surface area contributed by atoms with Crippen LogP contribution >= 0.6 is 0 Å². The van der Waals surface area contributed by atoms with Crippen molar-refractivity contribution in [3.63, 3.8) is 0 Å². The third-order valence-corrected chi connectivity index (χ3v) is 3.17. The highest BCUT2D eigenvalue weighted by molar-refractivity contribution is 5.79. The van der Waals surface area contributed by atoms with Gasteiger partial charge in [-0.15, -0.1) is 0 Å². The van der Waals surface area contributed by atoms with Crippen LogP contribution in [0.3, 0.4) is 0 Å². The highest BCUT2D eigenvalue weighted by Gasteiger charge is 2.21. The lowest BCUT2D eigenvalue weighted by molar-refractivity contribution is 0.297. The molecule has 2 nitrogen and oxygen atoms in total. The molecule has 1 aromatic heterocycles. The van der Waals surface area contributed by atoms with Crippen LogP contribution in [0.15, 0.2) is 24.4 Å². The average molecular weight is 186 g/mol. The van der Waals surface area contributed by atoms with Gasteiger partial charge >= 0.3 is 0 Å². The molecular weight excluding hydrogens is 172 g/mol. The van der Waals surface area contributed by atoms with Gasteiger partial charge in [-0.1, -0.05) is 12.1 Å². The Kier molecular flexibility index (Phi) is 1.63. The van der Waals surface area contributed by atoms with E-state index in [2.05, 4.69) is 34.9 Å². The molecular formula is C12H14N2. The van der Waals surface area contributed by atoms with E-state index in [0.29, 0.717) is 6.04 Å². The summed E-state index contributed by atoms with van der Waals surface area (Å²) in [6, 6.07) is 7.21. The number of rotatable bonds is 1. The molecule has 72 valence electrons. The fraction of sp³-hybridized carbons (Fsp3) is 0.417. The Bertz CT molecular complexity index is 466. The largest absolute Gasteiger partial charge is 0.262 e. The second-order valence-corrected chi connectivity index (χ2v) is 4.24. The minimum Gasteiger partial charge on any atom is -0.262 e. The third-order valence-electron chi connectivity index (χ3n) is 3.17. The predicted octanol–water partition coefficient (Wildman–Crippen LogP) is 3.07. The van der Waals surface area contributed by atoms with Crippen LogP contribution in [-0.4, -0.2) is 9.78 Å². The monoisotopic (exact) mass is 186 g/mol. The topological polar surface area (TPSA) is 17.8 Å². The molecule has 0 saturated heterocycles. The van der Waals surface area contributed by atoms with Gasteiger partial charge in [0.25, 0.3) is 0 Å². The molecule has 0 unspecified atom stereocenters. The number of benzene rings is 1. The van der Waals surface area contributed by atoms with Crippen molar-refractivity contribution in [3.05, 3.63) is 30.0 Å². The molecule has 1 fully saturated rings. The van der Waals surface area contributed by atoms with Crippen molar-refractivity contribution in [3.8, 4) is 0 Å². The average Bonchev–Trinajstić information content (AvgIpc) is 2.46. The zero-order chi connectivity index (χ0) is 9.54. The zero-order valence-corrected chi connectivity index (χ0v) is 8.40. The Hall–Kier alpha value is -1.31. The standard InChI is InChI=1S/C12H14N2/c1-9-5-6-10-8-13-14(12(10)7-9)11-3-2-4-11/h5-8,11H,2-4H2,1H3. The van der Waals surface area contributed by atoms with E-state index in [1.165, 1.54) is 35.7 Å². The molecule has 0 amide bonds. The van der Waals surface area contributed by atoms with Gasteiger partial charge in [-0.05, 0) is 37.8 Å². The number of fused-ring (bicyclic) bond motifs is 1. The Morgan fingerprint density at radius 3 is 2.93 bits per heavy atom. The maximum Gasteiger partial charge on any atom is 0.0688 e. The van der Waals surface area contributed by atoms with Crippen LogP contribution in [0.4, 0.5) is 0 Å². The third kappa shape index (κ3) is 1.07. The van der Waals surface area contributed by atoms with Crippen LogP contribution in [0.25, 0.3) is 10.9 Å². The summed E-state index contributed by atoms with van der Waals surface area (Å²) in [5.41, 5.74) is 2.62. The molecule has 3 rings (SSSR count). The number of aromatic nitrogens is 2. The van der Waals surface area contributed by atoms with Crippen LogP contribution in [0, 0.1) is 6.92 Å².